The van der Waals surface area contributed by atoms with Gasteiger partial charge in [-0.15, -0.1) is 0 Å². The Kier molecular flexibility index (Phi) is 3.10. The Morgan fingerprint density at radius 1 is 1.41 bits per heavy atom. The number of benzene rings is 1. The molecule has 0 aliphatic heterocycles. The van der Waals surface area contributed by atoms with Crippen molar-refractivity contribution < 1.29 is 4.74 Å². The molecule has 17 heavy (non-hydrogen) atoms. The van der Waals surface area contributed by atoms with Gasteiger partial charge in [-0.05, 0) is 17.7 Å². The van der Waals surface area contributed by atoms with Crippen molar-refractivity contribution in [3.05, 3.63) is 47.8 Å². The minimum atomic E-state index is -0.307. The van der Waals surface area contributed by atoms with Gasteiger partial charge in [0.25, 0.3) is 0 Å². The van der Waals surface area contributed by atoms with E-state index in [1.54, 1.807) is 18.0 Å². The Balaban J connectivity index is 2.39. The lowest BCUT2D eigenvalue weighted by molar-refractivity contribution is 0.414. The van der Waals surface area contributed by atoms with Crippen LogP contribution in [0.4, 0.5) is 0 Å². The predicted molar refractivity (Wildman–Crippen MR) is 63.7 cm³/mol. The van der Waals surface area contributed by atoms with E-state index in [4.69, 9.17) is 4.74 Å². The largest absolute Gasteiger partial charge is 0.497 e. The lowest BCUT2D eigenvalue weighted by atomic mass is 9.95. The second kappa shape index (κ2) is 4.71. The molecular weight excluding hydrogens is 214 g/mol. The molecule has 0 saturated carbocycles. The molecule has 4 nitrogen and oxygen atoms in total. The number of ether oxygens (including phenoxy) is 1. The Morgan fingerprint density at radius 2 is 2.24 bits per heavy atom. The highest BCUT2D eigenvalue weighted by atomic mass is 16.5. The maximum absolute atomic E-state index is 9.28. The smallest absolute Gasteiger partial charge is 0.119 e. The second-order valence-electron chi connectivity index (χ2n) is 3.79. The van der Waals surface area contributed by atoms with Crippen LogP contribution in [0.1, 0.15) is 17.0 Å². The highest BCUT2D eigenvalue weighted by Gasteiger charge is 2.15. The molecule has 0 radical (unpaired) electrons. The molecule has 0 saturated heterocycles. The van der Waals surface area contributed by atoms with E-state index in [1.165, 1.54) is 0 Å². The van der Waals surface area contributed by atoms with Gasteiger partial charge in [0.1, 0.15) is 5.75 Å². The molecule has 0 bridgehead atoms. The second-order valence-corrected chi connectivity index (χ2v) is 3.79. The molecular formula is C13H13N3O. The van der Waals surface area contributed by atoms with Gasteiger partial charge >= 0.3 is 0 Å². The summed E-state index contributed by atoms with van der Waals surface area (Å²) >= 11 is 0. The first-order valence-corrected chi connectivity index (χ1v) is 5.26. The third-order valence-corrected chi connectivity index (χ3v) is 2.61. The predicted octanol–water partition coefficient (Wildman–Crippen LogP) is 2.08. The lowest BCUT2D eigenvalue weighted by Crippen LogP contribution is -1.97. The highest BCUT2D eigenvalue weighted by Crippen LogP contribution is 2.26. The summed E-state index contributed by atoms with van der Waals surface area (Å²) in [6.45, 7) is 0. The molecule has 0 aliphatic rings. The first kappa shape index (κ1) is 11.2. The zero-order chi connectivity index (χ0) is 12.3. The molecule has 1 unspecified atom stereocenters. The lowest BCUT2D eigenvalue weighted by Gasteiger charge is -2.08. The summed E-state index contributed by atoms with van der Waals surface area (Å²) in [5.41, 5.74) is 1.81. The zero-order valence-corrected chi connectivity index (χ0v) is 9.79. The molecule has 86 valence electrons. The van der Waals surface area contributed by atoms with Crippen molar-refractivity contribution in [2.24, 2.45) is 7.05 Å². The molecule has 1 heterocycles. The average Bonchev–Trinajstić information content (AvgIpc) is 2.77. The van der Waals surface area contributed by atoms with E-state index in [0.29, 0.717) is 0 Å². The molecule has 1 aromatic heterocycles. The Hall–Kier alpha value is -2.28. The van der Waals surface area contributed by atoms with Gasteiger partial charge in [-0.25, -0.2) is 0 Å². The van der Waals surface area contributed by atoms with Gasteiger partial charge in [0.2, 0.25) is 0 Å². The maximum atomic E-state index is 9.28. The Bertz CT molecular complexity index is 554. The van der Waals surface area contributed by atoms with E-state index in [0.717, 1.165) is 16.9 Å². The van der Waals surface area contributed by atoms with Crippen molar-refractivity contribution in [3.8, 4) is 11.8 Å². The summed E-state index contributed by atoms with van der Waals surface area (Å²) in [6.07, 6.45) is 3.57. The number of hydrogen-bond donors (Lipinski definition) is 0. The van der Waals surface area contributed by atoms with Crippen molar-refractivity contribution in [2.45, 2.75) is 5.92 Å². The Labute approximate surface area is 100 Å². The number of methoxy groups -OCH3 is 1. The standard InChI is InChI=1S/C13H13N3O/c1-16-9-11(8-15-16)13(7-14)10-4-3-5-12(6-10)17-2/h3-6,8-9,13H,1-2H3. The molecule has 4 heteroatoms. The summed E-state index contributed by atoms with van der Waals surface area (Å²) in [7, 11) is 3.45. The molecule has 0 N–H and O–H groups in total. The number of nitrogens with zero attached hydrogens (tertiary/aromatic N) is 3. The van der Waals surface area contributed by atoms with Crippen LogP contribution in [0.5, 0.6) is 5.75 Å². The summed E-state index contributed by atoms with van der Waals surface area (Å²) < 4.78 is 6.85. The van der Waals surface area contributed by atoms with Crippen molar-refractivity contribution >= 4 is 0 Å². The third-order valence-electron chi connectivity index (χ3n) is 2.61. The van der Waals surface area contributed by atoms with Crippen LogP contribution >= 0.6 is 0 Å². The fraction of sp³-hybridized carbons (Fsp3) is 0.231. The normalized spacial score (nSPS) is 11.8. The third kappa shape index (κ3) is 2.28. The van der Waals surface area contributed by atoms with Gasteiger partial charge in [0.15, 0.2) is 0 Å². The van der Waals surface area contributed by atoms with Crippen LogP contribution in [0.3, 0.4) is 0 Å². The van der Waals surface area contributed by atoms with Crippen LogP contribution in [-0.2, 0) is 7.05 Å². The fourth-order valence-electron chi connectivity index (χ4n) is 1.75. The fourth-order valence-corrected chi connectivity index (χ4v) is 1.75. The SMILES string of the molecule is COc1cccc(C(C#N)c2cnn(C)c2)c1. The van der Waals surface area contributed by atoms with Crippen LogP contribution in [0.25, 0.3) is 0 Å². The number of aryl methyl sites for hydroxylation is 1. The van der Waals surface area contributed by atoms with E-state index in [2.05, 4.69) is 11.2 Å². The van der Waals surface area contributed by atoms with Crippen LogP contribution in [0.2, 0.25) is 0 Å². The van der Waals surface area contributed by atoms with Crippen molar-refractivity contribution in [2.75, 3.05) is 7.11 Å². The zero-order valence-electron chi connectivity index (χ0n) is 9.79. The summed E-state index contributed by atoms with van der Waals surface area (Å²) in [5.74, 6) is 0.449. The molecule has 2 rings (SSSR count). The summed E-state index contributed by atoms with van der Waals surface area (Å²) in [5, 5.41) is 13.4. The van der Waals surface area contributed by atoms with Gasteiger partial charge in [0, 0.05) is 18.8 Å². The topological polar surface area (TPSA) is 50.8 Å². The van der Waals surface area contributed by atoms with Crippen molar-refractivity contribution in [1.82, 2.24) is 9.78 Å². The van der Waals surface area contributed by atoms with Gasteiger partial charge in [-0.3, -0.25) is 4.68 Å². The van der Waals surface area contributed by atoms with Gasteiger partial charge in [0.05, 0.1) is 25.3 Å². The van der Waals surface area contributed by atoms with Crippen LogP contribution in [0, 0.1) is 11.3 Å². The van der Waals surface area contributed by atoms with E-state index < -0.39 is 0 Å². The number of aromatic nitrogens is 2. The minimum absolute atomic E-state index is 0.307. The van der Waals surface area contributed by atoms with Crippen LogP contribution < -0.4 is 4.74 Å². The first-order valence-electron chi connectivity index (χ1n) is 5.26. The van der Waals surface area contributed by atoms with Crippen molar-refractivity contribution in [3.63, 3.8) is 0 Å². The maximum Gasteiger partial charge on any atom is 0.119 e. The van der Waals surface area contributed by atoms with Crippen LogP contribution in [0.15, 0.2) is 36.7 Å². The molecule has 0 fully saturated rings. The Morgan fingerprint density at radius 3 is 2.82 bits per heavy atom. The van der Waals surface area contributed by atoms with E-state index in [9.17, 15) is 5.26 Å². The average molecular weight is 227 g/mol. The quantitative estimate of drug-likeness (QED) is 0.806. The van der Waals surface area contributed by atoms with Gasteiger partial charge in [-0.1, -0.05) is 12.1 Å². The summed E-state index contributed by atoms with van der Waals surface area (Å²) in [6, 6.07) is 9.83. The number of rotatable bonds is 3. The molecule has 0 amide bonds. The molecule has 0 aliphatic carbocycles. The minimum Gasteiger partial charge on any atom is -0.497 e. The van der Waals surface area contributed by atoms with E-state index in [1.807, 2.05) is 37.5 Å². The van der Waals surface area contributed by atoms with E-state index in [-0.39, 0.29) is 5.92 Å². The monoisotopic (exact) mass is 227 g/mol. The first-order chi connectivity index (χ1) is 8.24. The highest BCUT2D eigenvalue weighted by molar-refractivity contribution is 5.39. The molecule has 0 spiro atoms. The van der Waals surface area contributed by atoms with Gasteiger partial charge in [-0.2, -0.15) is 10.4 Å². The summed E-state index contributed by atoms with van der Waals surface area (Å²) in [4.78, 5) is 0. The number of nitriles is 1. The van der Waals surface area contributed by atoms with Crippen molar-refractivity contribution in [1.29, 1.82) is 5.26 Å². The van der Waals surface area contributed by atoms with Crippen LogP contribution in [-0.4, -0.2) is 16.9 Å². The molecule has 2 aromatic rings. The van der Waals surface area contributed by atoms with Gasteiger partial charge < -0.3 is 4.74 Å². The van der Waals surface area contributed by atoms with E-state index >= 15 is 0 Å². The number of hydrogen-bond acceptors (Lipinski definition) is 3. The molecule has 1 atom stereocenters. The molecule has 1 aromatic carbocycles.